The van der Waals surface area contributed by atoms with Crippen LogP contribution < -0.4 is 25.4 Å². The van der Waals surface area contributed by atoms with E-state index in [1.54, 1.807) is 14.2 Å². The fourth-order valence-electron chi connectivity index (χ4n) is 3.61. The summed E-state index contributed by atoms with van der Waals surface area (Å²) in [5, 5.41) is 9.58. The highest BCUT2D eigenvalue weighted by atomic mass is 127. The second-order valence-electron chi connectivity index (χ2n) is 7.55. The van der Waals surface area contributed by atoms with Gasteiger partial charge in [0.05, 0.1) is 13.7 Å². The molecular weight excluding hydrogens is 519 g/mol. The van der Waals surface area contributed by atoms with Crippen LogP contribution in [0.3, 0.4) is 0 Å². The first-order chi connectivity index (χ1) is 15.2. The van der Waals surface area contributed by atoms with Crippen molar-refractivity contribution in [3.05, 3.63) is 54.1 Å². The van der Waals surface area contributed by atoms with Crippen LogP contribution in [0.5, 0.6) is 11.5 Å². The molecule has 0 aliphatic heterocycles. The minimum absolute atomic E-state index is 0. The van der Waals surface area contributed by atoms with Crippen LogP contribution in [0.15, 0.2) is 53.5 Å². The maximum absolute atomic E-state index is 12.3. The molecule has 0 saturated heterocycles. The number of benzene rings is 2. The predicted octanol–water partition coefficient (Wildman–Crippen LogP) is 4.19. The van der Waals surface area contributed by atoms with E-state index >= 15 is 0 Å². The Morgan fingerprint density at radius 2 is 1.78 bits per heavy atom. The first-order valence-corrected chi connectivity index (χ1v) is 10.8. The molecule has 1 aliphatic rings. The summed E-state index contributed by atoms with van der Waals surface area (Å²) in [5.41, 5.74) is 1.91. The Hall–Kier alpha value is -2.49. The average molecular weight is 552 g/mol. The van der Waals surface area contributed by atoms with E-state index in [1.807, 2.05) is 48.5 Å². The van der Waals surface area contributed by atoms with Crippen LogP contribution in [0, 0.1) is 5.92 Å². The maximum Gasteiger partial charge on any atom is 0.227 e. The third kappa shape index (κ3) is 8.22. The predicted molar refractivity (Wildman–Crippen MR) is 139 cm³/mol. The Morgan fingerprint density at radius 1 is 1.06 bits per heavy atom. The van der Waals surface area contributed by atoms with Gasteiger partial charge in [-0.05, 0) is 54.8 Å². The fraction of sp³-hybridized carbons (Fsp3) is 0.417. The number of anilines is 1. The summed E-state index contributed by atoms with van der Waals surface area (Å²) in [6, 6.07) is 15.4. The summed E-state index contributed by atoms with van der Waals surface area (Å²) in [7, 11) is 3.37. The maximum atomic E-state index is 12.3. The van der Waals surface area contributed by atoms with Crippen molar-refractivity contribution in [2.24, 2.45) is 10.9 Å². The van der Waals surface area contributed by atoms with Gasteiger partial charge >= 0.3 is 0 Å². The number of methoxy groups -OCH3 is 1. The van der Waals surface area contributed by atoms with Crippen LogP contribution in [-0.4, -0.2) is 39.2 Å². The number of nitrogens with zero attached hydrogens (tertiary/aromatic N) is 1. The molecular formula is C24H33IN4O3. The molecule has 2 aromatic rings. The van der Waals surface area contributed by atoms with Crippen molar-refractivity contribution in [2.45, 2.75) is 32.2 Å². The number of hydrogen-bond donors (Lipinski definition) is 3. The number of guanidine groups is 1. The van der Waals surface area contributed by atoms with E-state index in [0.717, 1.165) is 48.4 Å². The number of aliphatic imine (C=N–C) groups is 1. The number of ether oxygens (including phenoxy) is 2. The third-order valence-electron chi connectivity index (χ3n) is 5.33. The Kier molecular flexibility index (Phi) is 11.1. The molecule has 0 spiro atoms. The standard InChI is InChI=1S/C24H32N4O3.HI/c1-25-24(26-14-15-31-22-12-10-21(30-2)11-13-22)27-17-18-6-5-9-20(16-18)28-23(29)19-7-3-4-8-19;/h5-6,9-13,16,19H,3-4,7-8,14-15,17H2,1-2H3,(H,28,29)(H2,25,26,27);1H. The molecule has 0 aromatic heterocycles. The molecule has 1 fully saturated rings. The number of hydrogen-bond acceptors (Lipinski definition) is 4. The molecule has 8 heteroatoms. The van der Waals surface area contributed by atoms with Crippen LogP contribution in [0.2, 0.25) is 0 Å². The number of carbonyl (C=O) groups excluding carboxylic acids is 1. The van der Waals surface area contributed by atoms with Gasteiger partial charge in [-0.25, -0.2) is 0 Å². The molecule has 1 saturated carbocycles. The molecule has 2 aromatic carbocycles. The van der Waals surface area contributed by atoms with Crippen molar-refractivity contribution in [1.82, 2.24) is 10.6 Å². The van der Waals surface area contributed by atoms with Crippen LogP contribution in [0.25, 0.3) is 0 Å². The Bertz CT molecular complexity index is 868. The molecule has 174 valence electrons. The van der Waals surface area contributed by atoms with E-state index < -0.39 is 0 Å². The van der Waals surface area contributed by atoms with E-state index in [1.165, 1.54) is 0 Å². The van der Waals surface area contributed by atoms with E-state index in [-0.39, 0.29) is 35.8 Å². The van der Waals surface area contributed by atoms with E-state index in [2.05, 4.69) is 20.9 Å². The second kappa shape index (κ2) is 13.8. The smallest absolute Gasteiger partial charge is 0.227 e. The lowest BCUT2D eigenvalue weighted by molar-refractivity contribution is -0.119. The minimum atomic E-state index is 0. The number of amides is 1. The van der Waals surface area contributed by atoms with Gasteiger partial charge in [-0.1, -0.05) is 25.0 Å². The molecule has 7 nitrogen and oxygen atoms in total. The Labute approximate surface area is 207 Å². The monoisotopic (exact) mass is 552 g/mol. The zero-order valence-corrected chi connectivity index (χ0v) is 21.1. The van der Waals surface area contributed by atoms with Crippen LogP contribution in [0.1, 0.15) is 31.2 Å². The van der Waals surface area contributed by atoms with Crippen molar-refractivity contribution in [2.75, 3.05) is 32.6 Å². The minimum Gasteiger partial charge on any atom is -0.497 e. The second-order valence-corrected chi connectivity index (χ2v) is 7.55. The molecule has 1 amide bonds. The van der Waals surface area contributed by atoms with Crippen molar-refractivity contribution >= 4 is 41.5 Å². The Morgan fingerprint density at radius 3 is 2.47 bits per heavy atom. The largest absolute Gasteiger partial charge is 0.497 e. The van der Waals surface area contributed by atoms with Gasteiger partial charge in [0.2, 0.25) is 5.91 Å². The lowest BCUT2D eigenvalue weighted by atomic mass is 10.1. The summed E-state index contributed by atoms with van der Waals surface area (Å²) in [6.07, 6.45) is 4.30. The lowest BCUT2D eigenvalue weighted by Gasteiger charge is -2.14. The zero-order chi connectivity index (χ0) is 21.9. The molecule has 0 heterocycles. The first kappa shape index (κ1) is 25.8. The molecule has 3 rings (SSSR count). The third-order valence-corrected chi connectivity index (χ3v) is 5.33. The van der Waals surface area contributed by atoms with Crippen molar-refractivity contribution in [1.29, 1.82) is 0 Å². The number of carbonyl (C=O) groups is 1. The highest BCUT2D eigenvalue weighted by molar-refractivity contribution is 14.0. The van der Waals surface area contributed by atoms with Gasteiger partial charge in [0.15, 0.2) is 5.96 Å². The van der Waals surface area contributed by atoms with Crippen LogP contribution in [0.4, 0.5) is 5.69 Å². The molecule has 1 aliphatic carbocycles. The van der Waals surface area contributed by atoms with Crippen molar-refractivity contribution in [3.8, 4) is 11.5 Å². The van der Waals surface area contributed by atoms with Crippen molar-refractivity contribution < 1.29 is 14.3 Å². The summed E-state index contributed by atoms with van der Waals surface area (Å²) in [5.74, 6) is 2.58. The summed E-state index contributed by atoms with van der Waals surface area (Å²) in [6.45, 7) is 1.73. The average Bonchev–Trinajstić information content (AvgIpc) is 3.34. The molecule has 0 unspecified atom stereocenters. The van der Waals surface area contributed by atoms with Gasteiger partial charge in [0.25, 0.3) is 0 Å². The van der Waals surface area contributed by atoms with Gasteiger partial charge in [0.1, 0.15) is 18.1 Å². The number of rotatable bonds is 9. The van der Waals surface area contributed by atoms with Gasteiger partial charge in [-0.2, -0.15) is 0 Å². The SMILES string of the molecule is CN=C(NCCOc1ccc(OC)cc1)NCc1cccc(NC(=O)C2CCCC2)c1.I. The highest BCUT2D eigenvalue weighted by Crippen LogP contribution is 2.26. The van der Waals surface area contributed by atoms with E-state index in [0.29, 0.717) is 25.7 Å². The molecule has 0 radical (unpaired) electrons. The van der Waals surface area contributed by atoms with E-state index in [4.69, 9.17) is 9.47 Å². The summed E-state index contributed by atoms with van der Waals surface area (Å²) >= 11 is 0. The van der Waals surface area contributed by atoms with Gasteiger partial charge in [-0.3, -0.25) is 9.79 Å². The number of nitrogens with one attached hydrogen (secondary N) is 3. The normalized spacial score (nSPS) is 13.8. The van der Waals surface area contributed by atoms with Gasteiger partial charge in [-0.15, -0.1) is 24.0 Å². The quantitative estimate of drug-likeness (QED) is 0.188. The summed E-state index contributed by atoms with van der Waals surface area (Å²) < 4.78 is 10.9. The van der Waals surface area contributed by atoms with E-state index in [9.17, 15) is 4.79 Å². The first-order valence-electron chi connectivity index (χ1n) is 10.8. The summed E-state index contributed by atoms with van der Waals surface area (Å²) in [4.78, 5) is 16.6. The zero-order valence-electron chi connectivity index (χ0n) is 18.7. The molecule has 0 atom stereocenters. The van der Waals surface area contributed by atoms with Gasteiger partial charge < -0.3 is 25.4 Å². The number of halogens is 1. The Balaban J connectivity index is 0.00000363. The van der Waals surface area contributed by atoms with Crippen molar-refractivity contribution in [3.63, 3.8) is 0 Å². The van der Waals surface area contributed by atoms with Gasteiger partial charge in [0, 0.05) is 25.2 Å². The van der Waals surface area contributed by atoms with Crippen LogP contribution >= 0.6 is 24.0 Å². The van der Waals surface area contributed by atoms with Crippen LogP contribution in [-0.2, 0) is 11.3 Å². The molecule has 3 N–H and O–H groups in total. The molecule has 0 bridgehead atoms. The fourth-order valence-corrected chi connectivity index (χ4v) is 3.61. The lowest BCUT2D eigenvalue weighted by Crippen LogP contribution is -2.38. The topological polar surface area (TPSA) is 84.0 Å². The highest BCUT2D eigenvalue weighted by Gasteiger charge is 2.22. The molecule has 32 heavy (non-hydrogen) atoms.